The molecule has 2 aromatic carbocycles. The maximum Gasteiger partial charge on any atom is 0.335 e. The van der Waals surface area contributed by atoms with Gasteiger partial charge >= 0.3 is 5.97 Å². The molecule has 0 unspecified atom stereocenters. The van der Waals surface area contributed by atoms with Crippen LogP contribution in [0.15, 0.2) is 42.5 Å². The summed E-state index contributed by atoms with van der Waals surface area (Å²) in [7, 11) is 0. The number of carbonyl (C=O) groups is 1. The summed E-state index contributed by atoms with van der Waals surface area (Å²) in [5.74, 6) is 0.0424. The lowest BCUT2D eigenvalue weighted by atomic mass is 10.2. The van der Waals surface area contributed by atoms with Crippen LogP contribution in [0.2, 0.25) is 0 Å². The number of rotatable bonds is 6. The lowest BCUT2D eigenvalue weighted by Gasteiger charge is -2.13. The van der Waals surface area contributed by atoms with E-state index < -0.39 is 5.97 Å². The van der Waals surface area contributed by atoms with Gasteiger partial charge in [0.05, 0.1) is 15.7 Å². The predicted molar refractivity (Wildman–Crippen MR) is 88.1 cm³/mol. The van der Waals surface area contributed by atoms with Gasteiger partial charge in [-0.1, -0.05) is 30.3 Å². The van der Waals surface area contributed by atoms with E-state index in [1.165, 1.54) is 12.1 Å². The van der Waals surface area contributed by atoms with Crippen molar-refractivity contribution in [2.75, 3.05) is 6.61 Å². The van der Waals surface area contributed by atoms with Crippen LogP contribution in [0.25, 0.3) is 0 Å². The maximum absolute atomic E-state index is 11.2. The summed E-state index contributed by atoms with van der Waals surface area (Å²) >= 11 is 2.10. The number of hydrogen-bond donors (Lipinski definition) is 1. The highest BCUT2D eigenvalue weighted by molar-refractivity contribution is 14.1. The Bertz CT molecular complexity index is 626. The van der Waals surface area contributed by atoms with Gasteiger partial charge in [-0.2, -0.15) is 0 Å². The highest BCUT2D eigenvalue weighted by atomic mass is 127. The third-order valence-corrected chi connectivity index (χ3v) is 3.85. The Morgan fingerprint density at radius 3 is 2.33 bits per heavy atom. The molecule has 110 valence electrons. The van der Waals surface area contributed by atoms with E-state index in [-0.39, 0.29) is 5.56 Å². The van der Waals surface area contributed by atoms with E-state index in [1.807, 2.05) is 37.3 Å². The van der Waals surface area contributed by atoms with E-state index in [1.54, 1.807) is 0 Å². The minimum absolute atomic E-state index is 0.155. The van der Waals surface area contributed by atoms with Crippen molar-refractivity contribution in [2.24, 2.45) is 0 Å². The highest BCUT2D eigenvalue weighted by Crippen LogP contribution is 2.32. The van der Waals surface area contributed by atoms with Gasteiger partial charge in [-0.15, -0.1) is 0 Å². The number of carboxylic acid groups (broad SMARTS) is 1. The van der Waals surface area contributed by atoms with Crippen LogP contribution in [-0.4, -0.2) is 17.7 Å². The van der Waals surface area contributed by atoms with Gasteiger partial charge in [0.15, 0.2) is 0 Å². The molecular weight excluding hydrogens is 383 g/mol. The Balaban J connectivity index is 2.26. The second-order valence-electron chi connectivity index (χ2n) is 4.30. The van der Waals surface area contributed by atoms with E-state index in [2.05, 4.69) is 22.6 Å². The number of carboxylic acids is 1. The van der Waals surface area contributed by atoms with Gasteiger partial charge < -0.3 is 14.6 Å². The van der Waals surface area contributed by atoms with Crippen LogP contribution >= 0.6 is 22.6 Å². The summed E-state index contributed by atoms with van der Waals surface area (Å²) in [4.78, 5) is 11.2. The van der Waals surface area contributed by atoms with Gasteiger partial charge in [0.1, 0.15) is 18.1 Å². The molecule has 4 nitrogen and oxygen atoms in total. The molecule has 21 heavy (non-hydrogen) atoms. The molecule has 0 spiro atoms. The van der Waals surface area contributed by atoms with Crippen LogP contribution in [0, 0.1) is 3.57 Å². The molecule has 0 aliphatic rings. The second kappa shape index (κ2) is 7.31. The molecule has 0 saturated heterocycles. The van der Waals surface area contributed by atoms with Crippen molar-refractivity contribution in [1.29, 1.82) is 0 Å². The first-order valence-corrected chi connectivity index (χ1v) is 7.56. The quantitative estimate of drug-likeness (QED) is 0.749. The third kappa shape index (κ3) is 4.10. The molecule has 0 atom stereocenters. The van der Waals surface area contributed by atoms with E-state index in [9.17, 15) is 4.79 Å². The van der Waals surface area contributed by atoms with Crippen LogP contribution in [-0.2, 0) is 6.61 Å². The normalized spacial score (nSPS) is 10.2. The molecule has 0 bridgehead atoms. The monoisotopic (exact) mass is 398 g/mol. The standard InChI is InChI=1S/C16H15IO4/c1-2-20-13-8-12(16(18)19)9-14(15(13)17)21-10-11-6-4-3-5-7-11/h3-9H,2,10H2,1H3,(H,18,19). The summed E-state index contributed by atoms with van der Waals surface area (Å²) in [5.41, 5.74) is 1.17. The SMILES string of the molecule is CCOc1cc(C(=O)O)cc(OCc2ccccc2)c1I. The van der Waals surface area contributed by atoms with Crippen LogP contribution in [0.4, 0.5) is 0 Å². The van der Waals surface area contributed by atoms with Gasteiger partial charge in [0.25, 0.3) is 0 Å². The summed E-state index contributed by atoms with van der Waals surface area (Å²) in [6.45, 7) is 2.71. The summed E-state index contributed by atoms with van der Waals surface area (Å²) in [6.07, 6.45) is 0. The smallest absolute Gasteiger partial charge is 0.335 e. The highest BCUT2D eigenvalue weighted by Gasteiger charge is 2.14. The van der Waals surface area contributed by atoms with E-state index >= 15 is 0 Å². The van der Waals surface area contributed by atoms with Gasteiger partial charge in [-0.05, 0) is 47.2 Å². The summed E-state index contributed by atoms with van der Waals surface area (Å²) in [5, 5.41) is 9.16. The molecule has 2 rings (SSSR count). The zero-order valence-electron chi connectivity index (χ0n) is 11.5. The van der Waals surface area contributed by atoms with Gasteiger partial charge in [0, 0.05) is 0 Å². The zero-order chi connectivity index (χ0) is 15.2. The van der Waals surface area contributed by atoms with Crippen molar-refractivity contribution in [2.45, 2.75) is 13.5 Å². The first-order valence-electron chi connectivity index (χ1n) is 6.48. The predicted octanol–water partition coefficient (Wildman–Crippen LogP) is 3.97. The Hall–Kier alpha value is -1.76. The number of aromatic carboxylic acids is 1. The van der Waals surface area contributed by atoms with Crippen molar-refractivity contribution in [3.05, 3.63) is 57.2 Å². The van der Waals surface area contributed by atoms with Crippen LogP contribution in [0.3, 0.4) is 0 Å². The summed E-state index contributed by atoms with van der Waals surface area (Å²) < 4.78 is 12.0. The molecule has 0 amide bonds. The Kier molecular flexibility index (Phi) is 5.44. The molecule has 0 fully saturated rings. The fraction of sp³-hybridized carbons (Fsp3) is 0.188. The fourth-order valence-electron chi connectivity index (χ4n) is 1.80. The average molecular weight is 398 g/mol. The third-order valence-electron chi connectivity index (χ3n) is 2.79. The van der Waals surface area contributed by atoms with Gasteiger partial charge in [0.2, 0.25) is 0 Å². The molecular formula is C16H15IO4. The van der Waals surface area contributed by atoms with Crippen molar-refractivity contribution >= 4 is 28.6 Å². The number of halogens is 1. The second-order valence-corrected chi connectivity index (χ2v) is 5.38. The minimum atomic E-state index is -1.00. The van der Waals surface area contributed by atoms with Crippen molar-refractivity contribution in [3.63, 3.8) is 0 Å². The molecule has 0 aliphatic heterocycles. The van der Waals surface area contributed by atoms with Gasteiger partial charge in [-0.25, -0.2) is 4.79 Å². The number of ether oxygens (including phenoxy) is 2. The first-order chi connectivity index (χ1) is 10.1. The molecule has 0 aromatic heterocycles. The van der Waals surface area contributed by atoms with Crippen molar-refractivity contribution in [1.82, 2.24) is 0 Å². The molecule has 5 heteroatoms. The number of hydrogen-bond acceptors (Lipinski definition) is 3. The first kappa shape index (κ1) is 15.6. The Morgan fingerprint density at radius 1 is 1.14 bits per heavy atom. The minimum Gasteiger partial charge on any atom is -0.493 e. The van der Waals surface area contributed by atoms with Crippen molar-refractivity contribution < 1.29 is 19.4 Å². The van der Waals surface area contributed by atoms with Crippen LogP contribution < -0.4 is 9.47 Å². The molecule has 0 radical (unpaired) electrons. The van der Waals surface area contributed by atoms with E-state index in [4.69, 9.17) is 14.6 Å². The molecule has 0 heterocycles. The van der Waals surface area contributed by atoms with E-state index in [0.717, 1.165) is 9.13 Å². The zero-order valence-corrected chi connectivity index (χ0v) is 13.7. The molecule has 0 aliphatic carbocycles. The lowest BCUT2D eigenvalue weighted by Crippen LogP contribution is -2.04. The average Bonchev–Trinajstić information content (AvgIpc) is 2.49. The summed E-state index contributed by atoms with van der Waals surface area (Å²) in [6, 6.07) is 12.8. The molecule has 2 aromatic rings. The lowest BCUT2D eigenvalue weighted by molar-refractivity contribution is 0.0695. The molecule has 0 saturated carbocycles. The molecule has 1 N–H and O–H groups in total. The number of benzene rings is 2. The Morgan fingerprint density at radius 2 is 1.76 bits per heavy atom. The van der Waals surface area contributed by atoms with Crippen LogP contribution in [0.1, 0.15) is 22.8 Å². The fourth-order valence-corrected chi connectivity index (χ4v) is 2.42. The topological polar surface area (TPSA) is 55.8 Å². The van der Waals surface area contributed by atoms with E-state index in [0.29, 0.717) is 24.7 Å². The maximum atomic E-state index is 11.2. The van der Waals surface area contributed by atoms with Gasteiger partial charge in [-0.3, -0.25) is 0 Å². The Labute approximate surface area is 136 Å². The largest absolute Gasteiger partial charge is 0.493 e. The van der Waals surface area contributed by atoms with Crippen LogP contribution in [0.5, 0.6) is 11.5 Å². The van der Waals surface area contributed by atoms with Crippen molar-refractivity contribution in [3.8, 4) is 11.5 Å².